The van der Waals surface area contributed by atoms with Crippen LogP contribution in [0.3, 0.4) is 0 Å². The van der Waals surface area contributed by atoms with Gasteiger partial charge in [0.2, 0.25) is 0 Å². The van der Waals surface area contributed by atoms with Crippen LogP contribution in [0, 0.1) is 11.7 Å². The molecule has 134 valence electrons. The van der Waals surface area contributed by atoms with E-state index in [2.05, 4.69) is 6.07 Å². The van der Waals surface area contributed by atoms with Crippen molar-refractivity contribution in [1.29, 1.82) is 0 Å². The Hall–Kier alpha value is -2.11. The van der Waals surface area contributed by atoms with Crippen molar-refractivity contribution in [1.82, 2.24) is 5.01 Å². The predicted molar refractivity (Wildman–Crippen MR) is 96.0 cm³/mol. The Bertz CT molecular complexity index is 723. The molecule has 0 radical (unpaired) electrons. The van der Waals surface area contributed by atoms with E-state index in [1.165, 1.54) is 6.07 Å². The fraction of sp³-hybridized carbons (Fsp3) is 0.400. The molecule has 2 aromatic carbocycles. The van der Waals surface area contributed by atoms with Crippen molar-refractivity contribution in [3.8, 4) is 11.5 Å². The first-order chi connectivity index (χ1) is 12.1. The van der Waals surface area contributed by atoms with Gasteiger partial charge in [-0.2, -0.15) is 0 Å². The lowest BCUT2D eigenvalue weighted by Crippen LogP contribution is -2.44. The number of hydrogen-bond acceptors (Lipinski definition) is 4. The van der Waals surface area contributed by atoms with Gasteiger partial charge in [0.05, 0.1) is 20.3 Å². The van der Waals surface area contributed by atoms with Crippen molar-refractivity contribution >= 4 is 0 Å². The van der Waals surface area contributed by atoms with Crippen molar-refractivity contribution in [2.24, 2.45) is 11.8 Å². The van der Waals surface area contributed by atoms with Gasteiger partial charge in [0.1, 0.15) is 17.3 Å². The summed E-state index contributed by atoms with van der Waals surface area (Å²) in [6, 6.07) is 12.8. The van der Waals surface area contributed by atoms with E-state index in [-0.39, 0.29) is 17.8 Å². The summed E-state index contributed by atoms with van der Waals surface area (Å²) in [5.41, 5.74) is 2.01. The minimum atomic E-state index is -0.242. The van der Waals surface area contributed by atoms with Crippen LogP contribution in [0.15, 0.2) is 42.5 Å². The van der Waals surface area contributed by atoms with Crippen molar-refractivity contribution in [2.75, 3.05) is 20.8 Å². The Morgan fingerprint density at radius 2 is 2.00 bits per heavy atom. The third-order valence-electron chi connectivity index (χ3n) is 4.95. The van der Waals surface area contributed by atoms with E-state index in [0.29, 0.717) is 0 Å². The van der Waals surface area contributed by atoms with Crippen LogP contribution in [0.4, 0.5) is 4.39 Å². The molecule has 2 aromatic rings. The van der Waals surface area contributed by atoms with Crippen LogP contribution in [-0.4, -0.2) is 25.8 Å². The number of benzene rings is 2. The van der Waals surface area contributed by atoms with Crippen molar-refractivity contribution in [3.63, 3.8) is 0 Å². The SMILES string of the molecule is COc1cccc(C2C(Cc3cc(F)ccc3OC)CCCN2N)c1. The van der Waals surface area contributed by atoms with Crippen molar-refractivity contribution in [3.05, 3.63) is 59.4 Å². The highest BCUT2D eigenvalue weighted by molar-refractivity contribution is 5.36. The highest BCUT2D eigenvalue weighted by atomic mass is 19.1. The van der Waals surface area contributed by atoms with Crippen LogP contribution >= 0.6 is 0 Å². The molecule has 0 aliphatic carbocycles. The van der Waals surface area contributed by atoms with Crippen molar-refractivity contribution in [2.45, 2.75) is 25.3 Å². The Morgan fingerprint density at radius 1 is 1.16 bits per heavy atom. The molecule has 1 heterocycles. The maximum absolute atomic E-state index is 13.7. The molecule has 0 aromatic heterocycles. The predicted octanol–water partition coefficient (Wildman–Crippen LogP) is 3.71. The topological polar surface area (TPSA) is 47.7 Å². The van der Waals surface area contributed by atoms with Crippen LogP contribution in [0.1, 0.15) is 30.0 Å². The molecule has 0 spiro atoms. The standard InChI is InChI=1S/C20H25FN2O2/c1-24-18-7-3-5-15(13-18)20-14(6-4-10-23(20)22)11-16-12-17(21)8-9-19(16)25-2/h3,5,7-9,12-14,20H,4,6,10-11,22H2,1-2H3. The number of hydrazine groups is 1. The summed E-state index contributed by atoms with van der Waals surface area (Å²) in [6.45, 7) is 0.846. The third-order valence-corrected chi connectivity index (χ3v) is 4.95. The second-order valence-electron chi connectivity index (χ2n) is 6.52. The maximum Gasteiger partial charge on any atom is 0.123 e. The Balaban J connectivity index is 1.91. The second-order valence-corrected chi connectivity index (χ2v) is 6.52. The summed E-state index contributed by atoms with van der Waals surface area (Å²) in [5, 5.41) is 1.90. The lowest BCUT2D eigenvalue weighted by molar-refractivity contribution is 0.0921. The molecule has 0 bridgehead atoms. The first-order valence-electron chi connectivity index (χ1n) is 8.60. The van der Waals surface area contributed by atoms with Gasteiger partial charge in [-0.05, 0) is 66.6 Å². The van der Waals surface area contributed by atoms with E-state index in [9.17, 15) is 4.39 Å². The number of methoxy groups -OCH3 is 2. The molecular weight excluding hydrogens is 319 g/mol. The monoisotopic (exact) mass is 344 g/mol. The average molecular weight is 344 g/mol. The molecule has 1 aliphatic rings. The molecule has 2 unspecified atom stereocenters. The first kappa shape index (κ1) is 17.7. The first-order valence-corrected chi connectivity index (χ1v) is 8.60. The highest BCUT2D eigenvalue weighted by Crippen LogP contribution is 2.38. The van der Waals surface area contributed by atoms with Crippen LogP contribution in [0.5, 0.6) is 11.5 Å². The zero-order valence-corrected chi connectivity index (χ0v) is 14.7. The molecule has 2 N–H and O–H groups in total. The highest BCUT2D eigenvalue weighted by Gasteiger charge is 2.32. The third kappa shape index (κ3) is 3.94. The van der Waals surface area contributed by atoms with Crippen LogP contribution < -0.4 is 15.3 Å². The number of piperidine rings is 1. The molecule has 1 aliphatic heterocycles. The van der Waals surface area contributed by atoms with Gasteiger partial charge >= 0.3 is 0 Å². The van der Waals surface area contributed by atoms with Gasteiger partial charge in [-0.15, -0.1) is 0 Å². The number of nitrogens with zero attached hydrogens (tertiary/aromatic N) is 1. The number of nitrogens with two attached hydrogens (primary N) is 1. The summed E-state index contributed by atoms with van der Waals surface area (Å²) in [6.07, 6.45) is 2.78. The van der Waals surface area contributed by atoms with Crippen molar-refractivity contribution < 1.29 is 13.9 Å². The minimum absolute atomic E-state index is 0.0665. The maximum atomic E-state index is 13.7. The van der Waals surface area contributed by atoms with Gasteiger partial charge in [-0.3, -0.25) is 5.84 Å². The second kappa shape index (κ2) is 7.85. The lowest BCUT2D eigenvalue weighted by Gasteiger charge is -2.39. The van der Waals surface area contributed by atoms with Gasteiger partial charge in [0.15, 0.2) is 0 Å². The summed E-state index contributed by atoms with van der Waals surface area (Å²) in [5.74, 6) is 7.91. The smallest absolute Gasteiger partial charge is 0.123 e. The number of hydrogen-bond donors (Lipinski definition) is 1. The molecule has 0 saturated carbocycles. The summed E-state index contributed by atoms with van der Waals surface area (Å²) in [4.78, 5) is 0. The number of rotatable bonds is 5. The Kier molecular flexibility index (Phi) is 5.56. The quantitative estimate of drug-likeness (QED) is 0.840. The lowest BCUT2D eigenvalue weighted by atomic mass is 9.81. The average Bonchev–Trinajstić information content (AvgIpc) is 2.62. The van der Waals surface area contributed by atoms with E-state index in [1.807, 2.05) is 23.2 Å². The molecule has 4 nitrogen and oxygen atoms in total. The van der Waals surface area contributed by atoms with Gasteiger partial charge in [0.25, 0.3) is 0 Å². The summed E-state index contributed by atoms with van der Waals surface area (Å²) >= 11 is 0. The zero-order chi connectivity index (χ0) is 17.8. The molecule has 5 heteroatoms. The summed E-state index contributed by atoms with van der Waals surface area (Å²) in [7, 11) is 3.28. The fourth-order valence-electron chi connectivity index (χ4n) is 3.80. The molecule has 1 saturated heterocycles. The molecule has 2 atom stereocenters. The van der Waals surface area contributed by atoms with E-state index >= 15 is 0 Å². The Labute approximate surface area is 148 Å². The number of ether oxygens (including phenoxy) is 2. The van der Waals surface area contributed by atoms with E-state index in [0.717, 1.165) is 48.4 Å². The van der Waals surface area contributed by atoms with Crippen LogP contribution in [0.2, 0.25) is 0 Å². The molecule has 25 heavy (non-hydrogen) atoms. The van der Waals surface area contributed by atoms with Crippen LogP contribution in [-0.2, 0) is 6.42 Å². The molecule has 1 fully saturated rings. The van der Waals surface area contributed by atoms with Gasteiger partial charge in [-0.1, -0.05) is 12.1 Å². The van der Waals surface area contributed by atoms with Gasteiger partial charge < -0.3 is 9.47 Å². The van der Waals surface area contributed by atoms with Gasteiger partial charge in [0, 0.05) is 6.54 Å². The minimum Gasteiger partial charge on any atom is -0.497 e. The van der Waals surface area contributed by atoms with E-state index in [1.54, 1.807) is 26.4 Å². The van der Waals surface area contributed by atoms with E-state index in [4.69, 9.17) is 15.3 Å². The largest absolute Gasteiger partial charge is 0.497 e. The number of halogens is 1. The fourth-order valence-corrected chi connectivity index (χ4v) is 3.80. The molecule has 0 amide bonds. The normalized spacial score (nSPS) is 21.1. The summed E-state index contributed by atoms with van der Waals surface area (Å²) < 4.78 is 24.5. The Morgan fingerprint density at radius 3 is 2.76 bits per heavy atom. The van der Waals surface area contributed by atoms with Gasteiger partial charge in [-0.25, -0.2) is 9.40 Å². The van der Waals surface area contributed by atoms with Crippen LogP contribution in [0.25, 0.3) is 0 Å². The molecular formula is C20H25FN2O2. The molecule has 3 rings (SSSR count). The zero-order valence-electron chi connectivity index (χ0n) is 14.7. The van der Waals surface area contributed by atoms with E-state index < -0.39 is 0 Å².